The van der Waals surface area contributed by atoms with Gasteiger partial charge in [0.1, 0.15) is 5.41 Å². The molecule has 1 rings (SSSR count). The van der Waals surface area contributed by atoms with E-state index in [1.807, 2.05) is 20.8 Å². The number of carbonyl (C=O) groups is 1. The monoisotopic (exact) mass is 240 g/mol. The summed E-state index contributed by atoms with van der Waals surface area (Å²) in [4.78, 5) is 16.1. The molecule has 96 valence electrons. The smallest absolute Gasteiger partial charge is 0.321 e. The Morgan fingerprint density at radius 2 is 1.88 bits per heavy atom. The SMILES string of the molecule is CCOC(=O)C(C)(C)c1nc(C(C)(C)C)no1. The maximum Gasteiger partial charge on any atom is 0.321 e. The first-order chi connectivity index (χ1) is 7.69. The first kappa shape index (κ1) is 13.7. The van der Waals surface area contributed by atoms with Gasteiger partial charge in [-0.05, 0) is 20.8 Å². The molecule has 0 unspecified atom stereocenters. The zero-order valence-electron chi connectivity index (χ0n) is 11.3. The molecular weight excluding hydrogens is 220 g/mol. The van der Waals surface area contributed by atoms with E-state index in [1.54, 1.807) is 20.8 Å². The average molecular weight is 240 g/mol. The molecule has 0 spiro atoms. The van der Waals surface area contributed by atoms with Crippen LogP contribution in [0.1, 0.15) is 53.3 Å². The molecule has 0 atom stereocenters. The molecule has 0 N–H and O–H groups in total. The van der Waals surface area contributed by atoms with Crippen molar-refractivity contribution < 1.29 is 14.1 Å². The van der Waals surface area contributed by atoms with Gasteiger partial charge in [0.2, 0.25) is 5.89 Å². The topological polar surface area (TPSA) is 65.2 Å². The van der Waals surface area contributed by atoms with Crippen molar-refractivity contribution in [3.05, 3.63) is 11.7 Å². The van der Waals surface area contributed by atoms with Crippen LogP contribution in [0.25, 0.3) is 0 Å². The Morgan fingerprint density at radius 3 is 2.29 bits per heavy atom. The van der Waals surface area contributed by atoms with E-state index in [0.29, 0.717) is 18.3 Å². The average Bonchev–Trinajstić information content (AvgIpc) is 2.66. The Balaban J connectivity index is 3.00. The number of hydrogen-bond acceptors (Lipinski definition) is 5. The van der Waals surface area contributed by atoms with Crippen molar-refractivity contribution >= 4 is 5.97 Å². The number of ether oxygens (including phenoxy) is 1. The summed E-state index contributed by atoms with van der Waals surface area (Å²) < 4.78 is 10.2. The summed E-state index contributed by atoms with van der Waals surface area (Å²) in [6, 6.07) is 0. The van der Waals surface area contributed by atoms with Crippen molar-refractivity contribution in [1.29, 1.82) is 0 Å². The third-order valence-corrected chi connectivity index (χ3v) is 2.42. The zero-order chi connectivity index (χ0) is 13.3. The van der Waals surface area contributed by atoms with Crippen molar-refractivity contribution in [1.82, 2.24) is 10.1 Å². The van der Waals surface area contributed by atoms with E-state index < -0.39 is 5.41 Å². The minimum absolute atomic E-state index is 0.202. The van der Waals surface area contributed by atoms with Crippen LogP contribution in [-0.4, -0.2) is 22.7 Å². The second kappa shape index (κ2) is 4.47. The van der Waals surface area contributed by atoms with E-state index in [1.165, 1.54) is 0 Å². The van der Waals surface area contributed by atoms with Crippen molar-refractivity contribution in [3.63, 3.8) is 0 Å². The van der Waals surface area contributed by atoms with Crippen LogP contribution in [0.2, 0.25) is 0 Å². The third kappa shape index (κ3) is 2.84. The maximum absolute atomic E-state index is 11.8. The van der Waals surface area contributed by atoms with E-state index in [4.69, 9.17) is 9.26 Å². The molecule has 1 aromatic rings. The fourth-order valence-corrected chi connectivity index (χ4v) is 1.18. The lowest BCUT2D eigenvalue weighted by Gasteiger charge is -2.17. The van der Waals surface area contributed by atoms with E-state index >= 15 is 0 Å². The minimum atomic E-state index is -0.910. The normalized spacial score (nSPS) is 12.6. The Hall–Kier alpha value is -1.39. The molecule has 0 bridgehead atoms. The van der Waals surface area contributed by atoms with Crippen LogP contribution < -0.4 is 0 Å². The minimum Gasteiger partial charge on any atom is -0.465 e. The van der Waals surface area contributed by atoms with Gasteiger partial charge in [-0.3, -0.25) is 4.79 Å². The van der Waals surface area contributed by atoms with Gasteiger partial charge in [0.15, 0.2) is 5.82 Å². The molecule has 0 aliphatic heterocycles. The molecule has 0 aliphatic rings. The van der Waals surface area contributed by atoms with Gasteiger partial charge in [-0.15, -0.1) is 0 Å². The molecule has 1 heterocycles. The first-order valence-electron chi connectivity index (χ1n) is 5.71. The van der Waals surface area contributed by atoms with E-state index in [0.717, 1.165) is 0 Å². The molecule has 0 radical (unpaired) electrons. The summed E-state index contributed by atoms with van der Waals surface area (Å²) in [6.45, 7) is 11.5. The molecule has 0 amide bonds. The van der Waals surface area contributed by atoms with Gasteiger partial charge in [-0.1, -0.05) is 25.9 Å². The van der Waals surface area contributed by atoms with Crippen LogP contribution in [0.3, 0.4) is 0 Å². The van der Waals surface area contributed by atoms with Crippen molar-refractivity contribution in [2.24, 2.45) is 0 Å². The molecule has 5 nitrogen and oxygen atoms in total. The van der Waals surface area contributed by atoms with E-state index in [-0.39, 0.29) is 11.4 Å². The van der Waals surface area contributed by atoms with Crippen molar-refractivity contribution in [2.45, 2.75) is 52.4 Å². The van der Waals surface area contributed by atoms with Gasteiger partial charge in [-0.2, -0.15) is 4.98 Å². The fourth-order valence-electron chi connectivity index (χ4n) is 1.18. The van der Waals surface area contributed by atoms with Gasteiger partial charge < -0.3 is 9.26 Å². The highest BCUT2D eigenvalue weighted by Crippen LogP contribution is 2.26. The lowest BCUT2D eigenvalue weighted by molar-refractivity contribution is -0.149. The molecule has 0 fully saturated rings. The van der Waals surface area contributed by atoms with Crippen LogP contribution in [0.4, 0.5) is 0 Å². The summed E-state index contributed by atoms with van der Waals surface area (Å²) in [5, 5.41) is 3.90. The second-order valence-electron chi connectivity index (χ2n) is 5.52. The highest BCUT2D eigenvalue weighted by atomic mass is 16.5. The van der Waals surface area contributed by atoms with Crippen LogP contribution in [-0.2, 0) is 20.4 Å². The Morgan fingerprint density at radius 1 is 1.29 bits per heavy atom. The summed E-state index contributed by atoms with van der Waals surface area (Å²) in [7, 11) is 0. The van der Waals surface area contributed by atoms with Gasteiger partial charge >= 0.3 is 5.97 Å². The number of nitrogens with zero attached hydrogens (tertiary/aromatic N) is 2. The number of esters is 1. The van der Waals surface area contributed by atoms with Crippen LogP contribution in [0, 0.1) is 0 Å². The summed E-state index contributed by atoms with van der Waals surface area (Å²) >= 11 is 0. The molecule has 0 saturated heterocycles. The maximum atomic E-state index is 11.8. The fraction of sp³-hybridized carbons (Fsp3) is 0.750. The van der Waals surface area contributed by atoms with E-state index in [2.05, 4.69) is 10.1 Å². The molecular formula is C12H20N2O3. The molecule has 0 aromatic carbocycles. The summed E-state index contributed by atoms with van der Waals surface area (Å²) in [6.07, 6.45) is 0. The number of aromatic nitrogens is 2. The lowest BCUT2D eigenvalue weighted by atomic mass is 9.93. The largest absolute Gasteiger partial charge is 0.465 e. The second-order valence-corrected chi connectivity index (χ2v) is 5.52. The number of hydrogen-bond donors (Lipinski definition) is 0. The molecule has 0 aliphatic carbocycles. The highest BCUT2D eigenvalue weighted by molar-refractivity contribution is 5.80. The Bertz CT molecular complexity index is 402. The van der Waals surface area contributed by atoms with Crippen LogP contribution in [0.5, 0.6) is 0 Å². The molecule has 0 saturated carbocycles. The van der Waals surface area contributed by atoms with Crippen molar-refractivity contribution in [2.75, 3.05) is 6.61 Å². The number of carbonyl (C=O) groups excluding carboxylic acids is 1. The lowest BCUT2D eigenvalue weighted by Crippen LogP contribution is -2.31. The first-order valence-corrected chi connectivity index (χ1v) is 5.71. The van der Waals surface area contributed by atoms with Crippen LogP contribution >= 0.6 is 0 Å². The molecule has 17 heavy (non-hydrogen) atoms. The predicted octanol–water partition coefficient (Wildman–Crippen LogP) is 2.21. The standard InChI is InChI=1S/C12H20N2O3/c1-7-16-10(15)12(5,6)9-13-8(14-17-9)11(2,3)4/h7H2,1-6H3. The predicted molar refractivity (Wildman–Crippen MR) is 62.7 cm³/mol. The quantitative estimate of drug-likeness (QED) is 0.758. The summed E-state index contributed by atoms with van der Waals surface area (Å²) in [5.74, 6) is 0.523. The van der Waals surface area contributed by atoms with Gasteiger partial charge in [0.05, 0.1) is 6.61 Å². The molecule has 5 heteroatoms. The van der Waals surface area contributed by atoms with Gasteiger partial charge in [0, 0.05) is 5.41 Å². The number of rotatable bonds is 3. The Labute approximate surface area is 102 Å². The summed E-state index contributed by atoms with van der Waals surface area (Å²) in [5.41, 5.74) is -1.11. The Kier molecular flexibility index (Phi) is 3.59. The third-order valence-electron chi connectivity index (χ3n) is 2.42. The van der Waals surface area contributed by atoms with Gasteiger partial charge in [0.25, 0.3) is 0 Å². The zero-order valence-corrected chi connectivity index (χ0v) is 11.3. The van der Waals surface area contributed by atoms with Gasteiger partial charge in [-0.25, -0.2) is 0 Å². The van der Waals surface area contributed by atoms with Crippen molar-refractivity contribution in [3.8, 4) is 0 Å². The highest BCUT2D eigenvalue weighted by Gasteiger charge is 2.38. The van der Waals surface area contributed by atoms with E-state index in [9.17, 15) is 4.79 Å². The van der Waals surface area contributed by atoms with Crippen LogP contribution in [0.15, 0.2) is 4.52 Å². The molecule has 1 aromatic heterocycles.